The molecule has 1 atom stereocenters. The Morgan fingerprint density at radius 1 is 1.53 bits per heavy atom. The number of nitro groups is 1. The number of nitrogens with one attached hydrogen (secondary N) is 1. The highest BCUT2D eigenvalue weighted by Gasteiger charge is 2.23. The lowest BCUT2D eigenvalue weighted by Crippen LogP contribution is -2.26. The van der Waals surface area contributed by atoms with E-state index >= 15 is 0 Å². The summed E-state index contributed by atoms with van der Waals surface area (Å²) in [5, 5.41) is 12.7. The second-order valence-electron chi connectivity index (χ2n) is 3.93. The van der Waals surface area contributed by atoms with E-state index in [-0.39, 0.29) is 6.42 Å². The summed E-state index contributed by atoms with van der Waals surface area (Å²) in [6, 6.07) is 0.963. The van der Waals surface area contributed by atoms with E-state index in [9.17, 15) is 23.7 Å². The van der Waals surface area contributed by atoms with E-state index in [0.717, 1.165) is 6.07 Å². The Balaban J connectivity index is 3.02. The number of nitro benzene ring substituents is 1. The van der Waals surface area contributed by atoms with E-state index in [4.69, 9.17) is 5.73 Å². The summed E-state index contributed by atoms with van der Waals surface area (Å²) in [6.45, 7) is 1.75. The van der Waals surface area contributed by atoms with E-state index in [1.54, 1.807) is 6.92 Å². The van der Waals surface area contributed by atoms with E-state index in [2.05, 4.69) is 0 Å². The molecule has 0 radical (unpaired) electrons. The molecule has 1 aromatic carbocycles. The molecule has 0 aliphatic carbocycles. The van der Waals surface area contributed by atoms with Crippen LogP contribution in [0.5, 0.6) is 0 Å². The van der Waals surface area contributed by atoms with Crippen molar-refractivity contribution in [3.63, 3.8) is 0 Å². The molecule has 0 spiro atoms. The van der Waals surface area contributed by atoms with Crippen molar-refractivity contribution in [2.24, 2.45) is 5.73 Å². The maximum Gasteiger partial charge on any atom is 0.296 e. The molecule has 0 fully saturated rings. The third-order valence-corrected chi connectivity index (χ3v) is 2.51. The van der Waals surface area contributed by atoms with Gasteiger partial charge in [-0.3, -0.25) is 14.9 Å². The molecule has 6 nitrogen and oxygen atoms in total. The molecule has 1 unspecified atom stereocenters. The topological polar surface area (TPSA) is 98.3 Å². The lowest BCUT2D eigenvalue weighted by Gasteiger charge is -2.10. The summed E-state index contributed by atoms with van der Waals surface area (Å²) in [6.07, 6.45) is 0.380. The first-order valence-corrected chi connectivity index (χ1v) is 5.54. The summed E-state index contributed by atoms with van der Waals surface area (Å²) >= 11 is 0. The van der Waals surface area contributed by atoms with Crippen LogP contribution in [0.1, 0.15) is 19.8 Å². The number of hydrogen-bond acceptors (Lipinski definition) is 4. The van der Waals surface area contributed by atoms with Crippen molar-refractivity contribution in [3.05, 3.63) is 33.9 Å². The van der Waals surface area contributed by atoms with E-state index in [0.29, 0.717) is 12.5 Å². The van der Waals surface area contributed by atoms with Crippen LogP contribution in [0, 0.1) is 21.7 Å². The monoisotopic (exact) mass is 273 g/mol. The number of nitrogens with two attached hydrogens (primary N) is 1. The van der Waals surface area contributed by atoms with Crippen molar-refractivity contribution >= 4 is 17.3 Å². The van der Waals surface area contributed by atoms with Crippen LogP contribution in [0.15, 0.2) is 12.1 Å². The van der Waals surface area contributed by atoms with Gasteiger partial charge < -0.3 is 11.1 Å². The summed E-state index contributed by atoms with van der Waals surface area (Å²) in [7, 11) is 0. The Bertz CT molecular complexity index is 508. The molecule has 0 aliphatic rings. The standard InChI is InChI=1S/C11H13F2N3O3/c1-2-6(14)5-9(17)15-11-8(16(18)19)4-3-7(12)10(11)13/h3-4,6H,2,5,14H2,1H3,(H,15,17). The average Bonchev–Trinajstić information content (AvgIpc) is 2.34. The SMILES string of the molecule is CCC(N)CC(=O)Nc1c([N+](=O)[O-])ccc(F)c1F. The van der Waals surface area contributed by atoms with Gasteiger partial charge in [-0.05, 0) is 12.5 Å². The Hall–Kier alpha value is -2.09. The van der Waals surface area contributed by atoms with Crippen molar-refractivity contribution in [1.29, 1.82) is 0 Å². The molecular weight excluding hydrogens is 260 g/mol. The number of carbonyl (C=O) groups excluding carboxylic acids is 1. The fraction of sp³-hybridized carbons (Fsp3) is 0.364. The Morgan fingerprint density at radius 3 is 2.68 bits per heavy atom. The van der Waals surface area contributed by atoms with Crippen molar-refractivity contribution in [2.75, 3.05) is 5.32 Å². The molecular formula is C11H13F2N3O3. The van der Waals surface area contributed by atoms with Crippen LogP contribution in [0.25, 0.3) is 0 Å². The summed E-state index contributed by atoms with van der Waals surface area (Å²) in [4.78, 5) is 21.3. The highest BCUT2D eigenvalue weighted by molar-refractivity contribution is 5.93. The van der Waals surface area contributed by atoms with Crippen molar-refractivity contribution in [2.45, 2.75) is 25.8 Å². The molecule has 0 saturated heterocycles. The Kier molecular flexibility index (Phi) is 4.87. The van der Waals surface area contributed by atoms with E-state index < -0.39 is 39.9 Å². The molecule has 0 aliphatic heterocycles. The molecule has 0 bridgehead atoms. The molecule has 1 aromatic rings. The van der Waals surface area contributed by atoms with Gasteiger partial charge in [-0.15, -0.1) is 0 Å². The molecule has 1 rings (SSSR count). The van der Waals surface area contributed by atoms with Crippen LogP contribution >= 0.6 is 0 Å². The van der Waals surface area contributed by atoms with Gasteiger partial charge in [-0.25, -0.2) is 8.78 Å². The average molecular weight is 273 g/mol. The number of carbonyl (C=O) groups is 1. The first-order chi connectivity index (χ1) is 8.86. The highest BCUT2D eigenvalue weighted by atomic mass is 19.2. The molecule has 3 N–H and O–H groups in total. The second-order valence-corrected chi connectivity index (χ2v) is 3.93. The first kappa shape index (κ1) is 15.0. The number of halogens is 2. The van der Waals surface area contributed by atoms with Crippen molar-refractivity contribution in [1.82, 2.24) is 0 Å². The van der Waals surface area contributed by atoms with Crippen LogP contribution in [0.3, 0.4) is 0 Å². The zero-order chi connectivity index (χ0) is 14.6. The number of rotatable bonds is 5. The van der Waals surface area contributed by atoms with Gasteiger partial charge in [0.1, 0.15) is 0 Å². The quantitative estimate of drug-likeness (QED) is 0.632. The third-order valence-electron chi connectivity index (χ3n) is 2.51. The predicted molar refractivity (Wildman–Crippen MR) is 64.5 cm³/mol. The molecule has 104 valence electrons. The smallest absolute Gasteiger partial charge is 0.296 e. The minimum Gasteiger partial charge on any atom is -0.327 e. The second kappa shape index (κ2) is 6.19. The minimum atomic E-state index is -1.47. The van der Waals surface area contributed by atoms with Crippen molar-refractivity contribution in [3.8, 4) is 0 Å². The Labute approximate surface area is 107 Å². The summed E-state index contributed by atoms with van der Waals surface area (Å²) in [5.41, 5.74) is 4.04. The highest BCUT2D eigenvalue weighted by Crippen LogP contribution is 2.29. The van der Waals surface area contributed by atoms with Crippen molar-refractivity contribution < 1.29 is 18.5 Å². The van der Waals surface area contributed by atoms with Gasteiger partial charge in [0.25, 0.3) is 5.69 Å². The fourth-order valence-electron chi connectivity index (χ4n) is 1.38. The number of benzene rings is 1. The molecule has 1 amide bonds. The number of amides is 1. The lowest BCUT2D eigenvalue weighted by atomic mass is 10.1. The maximum atomic E-state index is 13.5. The van der Waals surface area contributed by atoms with E-state index in [1.807, 2.05) is 5.32 Å². The number of nitrogens with zero attached hydrogens (tertiary/aromatic N) is 1. The molecule has 0 saturated carbocycles. The lowest BCUT2D eigenvalue weighted by molar-refractivity contribution is -0.384. The summed E-state index contributed by atoms with van der Waals surface area (Å²) < 4.78 is 26.5. The maximum absolute atomic E-state index is 13.5. The van der Waals surface area contributed by atoms with E-state index in [1.165, 1.54) is 0 Å². The number of hydrogen-bond donors (Lipinski definition) is 2. The molecule has 19 heavy (non-hydrogen) atoms. The van der Waals surface area contributed by atoms with Gasteiger partial charge in [-0.1, -0.05) is 6.92 Å². The van der Waals surface area contributed by atoms with Crippen LogP contribution < -0.4 is 11.1 Å². The van der Waals surface area contributed by atoms with Gasteiger partial charge in [0.15, 0.2) is 17.3 Å². The molecule has 0 heterocycles. The van der Waals surface area contributed by atoms with Gasteiger partial charge >= 0.3 is 0 Å². The van der Waals surface area contributed by atoms with Gasteiger partial charge in [0.2, 0.25) is 5.91 Å². The third kappa shape index (κ3) is 3.68. The predicted octanol–water partition coefficient (Wildman–Crippen LogP) is 1.94. The fourth-order valence-corrected chi connectivity index (χ4v) is 1.38. The normalized spacial score (nSPS) is 12.0. The van der Waals surface area contributed by atoms with Gasteiger partial charge in [-0.2, -0.15) is 0 Å². The van der Waals surface area contributed by atoms with Gasteiger partial charge in [0, 0.05) is 18.5 Å². The first-order valence-electron chi connectivity index (χ1n) is 5.54. The van der Waals surface area contributed by atoms with Gasteiger partial charge in [0.05, 0.1) is 4.92 Å². The minimum absolute atomic E-state index is 0.135. The largest absolute Gasteiger partial charge is 0.327 e. The zero-order valence-electron chi connectivity index (χ0n) is 10.2. The zero-order valence-corrected chi connectivity index (χ0v) is 10.2. The van der Waals surface area contributed by atoms with Crippen LogP contribution in [-0.2, 0) is 4.79 Å². The Morgan fingerprint density at radius 2 is 2.16 bits per heavy atom. The summed E-state index contributed by atoms with van der Waals surface area (Å²) in [5.74, 6) is -3.45. The molecule has 8 heteroatoms. The molecule has 0 aromatic heterocycles. The number of anilines is 1. The van der Waals surface area contributed by atoms with Crippen LogP contribution in [0.4, 0.5) is 20.2 Å². The van der Waals surface area contributed by atoms with Crippen LogP contribution in [-0.4, -0.2) is 16.9 Å². The van der Waals surface area contributed by atoms with Crippen LogP contribution in [0.2, 0.25) is 0 Å².